The van der Waals surface area contributed by atoms with Crippen molar-refractivity contribution < 1.29 is 27.8 Å². The molecule has 1 aromatic rings. The Bertz CT molecular complexity index is 555. The zero-order chi connectivity index (χ0) is 19.4. The van der Waals surface area contributed by atoms with Gasteiger partial charge in [0.2, 0.25) is 0 Å². The van der Waals surface area contributed by atoms with E-state index in [4.69, 9.17) is 9.47 Å². The summed E-state index contributed by atoms with van der Waals surface area (Å²) in [6.07, 6.45) is 4.73. The molecule has 6 heteroatoms. The van der Waals surface area contributed by atoms with Crippen LogP contribution in [0.25, 0.3) is 0 Å². The maximum absolute atomic E-state index is 13.6. The highest BCUT2D eigenvalue weighted by Crippen LogP contribution is 2.24. The molecule has 0 fully saturated rings. The first kappa shape index (κ1) is 22.1. The molecular weight excluding hydrogens is 342 g/mol. The van der Waals surface area contributed by atoms with E-state index in [9.17, 15) is 18.4 Å². The molecule has 0 N–H and O–H groups in total. The number of hydrogen-bond acceptors (Lipinski definition) is 4. The first-order chi connectivity index (χ1) is 12.5. The molecule has 1 atom stereocenters. The van der Waals surface area contributed by atoms with Gasteiger partial charge in [0, 0.05) is 12.8 Å². The van der Waals surface area contributed by atoms with Gasteiger partial charge in [0.1, 0.15) is 17.7 Å². The van der Waals surface area contributed by atoms with Crippen molar-refractivity contribution in [1.82, 2.24) is 0 Å². The van der Waals surface area contributed by atoms with Gasteiger partial charge in [-0.3, -0.25) is 9.59 Å². The summed E-state index contributed by atoms with van der Waals surface area (Å²) in [7, 11) is 0. The Morgan fingerprint density at radius 2 is 1.58 bits per heavy atom. The van der Waals surface area contributed by atoms with E-state index in [0.717, 1.165) is 37.8 Å². The van der Waals surface area contributed by atoms with Crippen molar-refractivity contribution in [3.05, 3.63) is 35.4 Å². The zero-order valence-electron chi connectivity index (χ0n) is 15.6. The second-order valence-corrected chi connectivity index (χ2v) is 6.26. The van der Waals surface area contributed by atoms with E-state index in [0.29, 0.717) is 6.61 Å². The number of halogens is 2. The number of esters is 2. The van der Waals surface area contributed by atoms with Gasteiger partial charge in [0.05, 0.1) is 12.2 Å². The topological polar surface area (TPSA) is 52.6 Å². The Kier molecular flexibility index (Phi) is 10.5. The van der Waals surface area contributed by atoms with Crippen LogP contribution < -0.4 is 0 Å². The molecule has 1 rings (SSSR count). The van der Waals surface area contributed by atoms with Crippen molar-refractivity contribution in [2.75, 3.05) is 6.61 Å². The highest BCUT2D eigenvalue weighted by molar-refractivity contribution is 5.72. The van der Waals surface area contributed by atoms with Crippen molar-refractivity contribution in [3.63, 3.8) is 0 Å². The fourth-order valence-electron chi connectivity index (χ4n) is 2.55. The van der Waals surface area contributed by atoms with Crippen LogP contribution in [0.4, 0.5) is 8.78 Å². The Hall–Kier alpha value is -1.98. The monoisotopic (exact) mass is 370 g/mol. The quantitative estimate of drug-likeness (QED) is 0.372. The smallest absolute Gasteiger partial charge is 0.306 e. The van der Waals surface area contributed by atoms with E-state index in [1.165, 1.54) is 19.4 Å². The molecule has 0 aromatic heterocycles. The second-order valence-electron chi connectivity index (χ2n) is 6.26. The van der Waals surface area contributed by atoms with Gasteiger partial charge in [-0.15, -0.1) is 0 Å². The molecule has 0 heterocycles. The SMILES string of the molecule is CCCCCCCOC(=O)CCCC(=O)OC(C)c1c(F)cccc1F. The molecule has 0 amide bonds. The van der Waals surface area contributed by atoms with Crippen LogP contribution in [0.15, 0.2) is 18.2 Å². The van der Waals surface area contributed by atoms with Crippen LogP contribution >= 0.6 is 0 Å². The third-order valence-corrected chi connectivity index (χ3v) is 3.99. The molecule has 1 unspecified atom stereocenters. The average molecular weight is 370 g/mol. The van der Waals surface area contributed by atoms with Crippen molar-refractivity contribution in [2.45, 2.75) is 71.3 Å². The molecule has 0 radical (unpaired) electrons. The third kappa shape index (κ3) is 8.41. The second kappa shape index (κ2) is 12.4. The zero-order valence-corrected chi connectivity index (χ0v) is 15.6. The van der Waals surface area contributed by atoms with Crippen LogP contribution in [0.5, 0.6) is 0 Å². The maximum atomic E-state index is 13.6. The molecule has 0 saturated heterocycles. The summed E-state index contributed by atoms with van der Waals surface area (Å²) in [4.78, 5) is 23.3. The summed E-state index contributed by atoms with van der Waals surface area (Å²) in [6.45, 7) is 3.95. The van der Waals surface area contributed by atoms with Crippen LogP contribution in [-0.2, 0) is 19.1 Å². The van der Waals surface area contributed by atoms with Crippen LogP contribution in [0.3, 0.4) is 0 Å². The summed E-state index contributed by atoms with van der Waals surface area (Å²) in [5.74, 6) is -2.46. The fraction of sp³-hybridized carbons (Fsp3) is 0.600. The van der Waals surface area contributed by atoms with Crippen molar-refractivity contribution >= 4 is 11.9 Å². The lowest BCUT2D eigenvalue weighted by molar-refractivity contribution is -0.149. The van der Waals surface area contributed by atoms with E-state index in [-0.39, 0.29) is 30.8 Å². The Balaban J connectivity index is 2.21. The highest BCUT2D eigenvalue weighted by Gasteiger charge is 2.19. The van der Waals surface area contributed by atoms with E-state index in [1.54, 1.807) is 0 Å². The van der Waals surface area contributed by atoms with Crippen LogP contribution in [0, 0.1) is 11.6 Å². The predicted molar refractivity (Wildman–Crippen MR) is 94.4 cm³/mol. The van der Waals surface area contributed by atoms with Gasteiger partial charge in [0.15, 0.2) is 0 Å². The minimum atomic E-state index is -1.03. The van der Waals surface area contributed by atoms with Gasteiger partial charge in [-0.05, 0) is 31.9 Å². The minimum Gasteiger partial charge on any atom is -0.466 e. The van der Waals surface area contributed by atoms with Gasteiger partial charge in [-0.1, -0.05) is 38.7 Å². The molecule has 1 aromatic carbocycles. The van der Waals surface area contributed by atoms with Gasteiger partial charge in [0.25, 0.3) is 0 Å². The molecule has 4 nitrogen and oxygen atoms in total. The molecule has 0 aliphatic rings. The summed E-state index contributed by atoms with van der Waals surface area (Å²) in [5, 5.41) is 0. The highest BCUT2D eigenvalue weighted by atomic mass is 19.1. The third-order valence-electron chi connectivity index (χ3n) is 3.99. The van der Waals surface area contributed by atoms with Crippen molar-refractivity contribution in [2.24, 2.45) is 0 Å². The van der Waals surface area contributed by atoms with E-state index in [2.05, 4.69) is 6.92 Å². The predicted octanol–water partition coefficient (Wildman–Crippen LogP) is 5.25. The van der Waals surface area contributed by atoms with Crippen molar-refractivity contribution in [1.29, 1.82) is 0 Å². The van der Waals surface area contributed by atoms with Crippen LogP contribution in [-0.4, -0.2) is 18.5 Å². The van der Waals surface area contributed by atoms with Gasteiger partial charge in [-0.25, -0.2) is 8.78 Å². The average Bonchev–Trinajstić information content (AvgIpc) is 2.57. The number of carbonyl (C=O) groups excluding carboxylic acids is 2. The first-order valence-corrected chi connectivity index (χ1v) is 9.24. The van der Waals surface area contributed by atoms with Crippen LogP contribution in [0.2, 0.25) is 0 Å². The van der Waals surface area contributed by atoms with E-state index in [1.807, 2.05) is 0 Å². The standard InChI is InChI=1S/C20H28F2O4/c1-3-4-5-6-7-14-25-18(23)12-9-13-19(24)26-15(2)20-16(21)10-8-11-17(20)22/h8,10-11,15H,3-7,9,12-14H2,1-2H3. The molecule has 26 heavy (non-hydrogen) atoms. The number of carbonyl (C=O) groups is 2. The minimum absolute atomic E-state index is 0.00792. The molecule has 0 saturated carbocycles. The number of unbranched alkanes of at least 4 members (excludes halogenated alkanes) is 4. The van der Waals surface area contributed by atoms with Crippen LogP contribution in [0.1, 0.15) is 76.9 Å². The Morgan fingerprint density at radius 3 is 2.23 bits per heavy atom. The summed E-state index contributed by atoms with van der Waals surface area (Å²) < 4.78 is 37.4. The Labute approximate surface area is 153 Å². The lowest BCUT2D eigenvalue weighted by Crippen LogP contribution is -2.12. The number of benzene rings is 1. The van der Waals surface area contributed by atoms with Crippen molar-refractivity contribution in [3.8, 4) is 0 Å². The summed E-state index contributed by atoms with van der Waals surface area (Å²) in [6, 6.07) is 3.47. The summed E-state index contributed by atoms with van der Waals surface area (Å²) in [5.41, 5.74) is -0.275. The largest absolute Gasteiger partial charge is 0.466 e. The molecule has 0 spiro atoms. The number of rotatable bonds is 12. The normalized spacial score (nSPS) is 11.8. The molecule has 146 valence electrons. The molecule has 0 aliphatic carbocycles. The van der Waals surface area contributed by atoms with Gasteiger partial charge in [-0.2, -0.15) is 0 Å². The lowest BCUT2D eigenvalue weighted by atomic mass is 10.1. The molecule has 0 bridgehead atoms. The van der Waals surface area contributed by atoms with Gasteiger partial charge >= 0.3 is 11.9 Å². The number of ether oxygens (including phenoxy) is 2. The summed E-state index contributed by atoms with van der Waals surface area (Å²) >= 11 is 0. The molecular formula is C20H28F2O4. The van der Waals surface area contributed by atoms with E-state index < -0.39 is 23.7 Å². The van der Waals surface area contributed by atoms with E-state index >= 15 is 0 Å². The fourth-order valence-corrected chi connectivity index (χ4v) is 2.55. The Morgan fingerprint density at radius 1 is 0.962 bits per heavy atom. The number of hydrogen-bond donors (Lipinski definition) is 0. The molecule has 0 aliphatic heterocycles. The lowest BCUT2D eigenvalue weighted by Gasteiger charge is -2.15. The van der Waals surface area contributed by atoms with Gasteiger partial charge < -0.3 is 9.47 Å². The maximum Gasteiger partial charge on any atom is 0.306 e. The first-order valence-electron chi connectivity index (χ1n) is 9.24.